The highest BCUT2D eigenvalue weighted by molar-refractivity contribution is 6.30. The van der Waals surface area contributed by atoms with Crippen LogP contribution < -0.4 is 19.5 Å². The van der Waals surface area contributed by atoms with Crippen LogP contribution >= 0.6 is 11.6 Å². The molecule has 1 fully saturated rings. The van der Waals surface area contributed by atoms with Crippen LogP contribution in [0.1, 0.15) is 42.5 Å². The molecule has 0 saturated carbocycles. The maximum absolute atomic E-state index is 12.3. The number of rotatable bonds is 14. The number of benzene rings is 2. The lowest BCUT2D eigenvalue weighted by molar-refractivity contribution is -0.123. The fourth-order valence-electron chi connectivity index (χ4n) is 4.60. The van der Waals surface area contributed by atoms with Gasteiger partial charge in [-0.3, -0.25) is 9.69 Å². The van der Waals surface area contributed by atoms with Gasteiger partial charge < -0.3 is 24.4 Å². The van der Waals surface area contributed by atoms with Crippen LogP contribution in [0.4, 0.5) is 0 Å². The summed E-state index contributed by atoms with van der Waals surface area (Å²) in [6.07, 6.45) is 2.20. The molecule has 0 radical (unpaired) electrons. The van der Waals surface area contributed by atoms with Crippen LogP contribution in [0, 0.1) is 19.8 Å². The number of hydrogen-bond donors (Lipinski definition) is 1. The summed E-state index contributed by atoms with van der Waals surface area (Å²) in [5.41, 5.74) is 3.86. The highest BCUT2D eigenvalue weighted by atomic mass is 35.5. The summed E-state index contributed by atoms with van der Waals surface area (Å²) in [5, 5.41) is 3.54. The second kappa shape index (κ2) is 13.9. The Kier molecular flexibility index (Phi) is 10.9. The van der Waals surface area contributed by atoms with E-state index < -0.39 is 0 Å². The molecule has 8 heteroatoms. The van der Waals surface area contributed by atoms with E-state index in [1.54, 1.807) is 25.3 Å². The van der Waals surface area contributed by atoms with E-state index >= 15 is 0 Å². The van der Waals surface area contributed by atoms with Crippen molar-refractivity contribution in [3.63, 3.8) is 0 Å². The summed E-state index contributed by atoms with van der Waals surface area (Å²) in [6.45, 7) is 10.9. The summed E-state index contributed by atoms with van der Waals surface area (Å²) < 4.78 is 16.9. The van der Waals surface area contributed by atoms with Crippen molar-refractivity contribution in [2.45, 2.75) is 39.7 Å². The van der Waals surface area contributed by atoms with E-state index in [1.807, 2.05) is 0 Å². The fraction of sp³-hybridized carbons (Fsp3) is 0.552. The van der Waals surface area contributed by atoms with E-state index in [-0.39, 0.29) is 12.5 Å². The summed E-state index contributed by atoms with van der Waals surface area (Å²) in [7, 11) is 5.74. The van der Waals surface area contributed by atoms with Gasteiger partial charge in [0, 0.05) is 42.7 Å². The van der Waals surface area contributed by atoms with Gasteiger partial charge in [-0.15, -0.1) is 0 Å². The largest absolute Gasteiger partial charge is 0.493 e. The third-order valence-corrected chi connectivity index (χ3v) is 7.33. The zero-order chi connectivity index (χ0) is 26.9. The van der Waals surface area contributed by atoms with Gasteiger partial charge in [0.05, 0.1) is 13.7 Å². The van der Waals surface area contributed by atoms with E-state index in [4.69, 9.17) is 25.8 Å². The van der Waals surface area contributed by atoms with Gasteiger partial charge in [-0.05, 0) is 89.1 Å². The fourth-order valence-corrected chi connectivity index (χ4v) is 4.77. The van der Waals surface area contributed by atoms with Crippen molar-refractivity contribution >= 4 is 17.5 Å². The lowest BCUT2D eigenvalue weighted by Crippen LogP contribution is -2.52. The molecule has 1 N–H and O–H groups in total. The van der Waals surface area contributed by atoms with Crippen molar-refractivity contribution in [3.05, 3.63) is 52.0 Å². The Balaban J connectivity index is 1.40. The molecular weight excluding hydrogens is 490 g/mol. The Hall–Kier alpha value is -2.48. The summed E-state index contributed by atoms with van der Waals surface area (Å²) >= 11 is 5.97. The number of amides is 1. The average Bonchev–Trinajstić information content (AvgIpc) is 2.84. The van der Waals surface area contributed by atoms with Crippen molar-refractivity contribution in [1.82, 2.24) is 15.1 Å². The number of nitrogens with zero attached hydrogens (tertiary/aromatic N) is 2. The number of likely N-dealkylation sites (tertiary alicyclic amines) is 1. The molecule has 7 nitrogen and oxygen atoms in total. The molecule has 1 atom stereocenters. The number of hydrogen-bond acceptors (Lipinski definition) is 6. The highest BCUT2D eigenvalue weighted by Gasteiger charge is 2.32. The molecule has 1 unspecified atom stereocenters. The Morgan fingerprint density at radius 1 is 1.08 bits per heavy atom. The van der Waals surface area contributed by atoms with Crippen molar-refractivity contribution in [2.75, 3.05) is 60.6 Å². The maximum atomic E-state index is 12.3. The van der Waals surface area contributed by atoms with Crippen molar-refractivity contribution in [2.24, 2.45) is 5.92 Å². The molecule has 1 heterocycles. The predicted octanol–water partition coefficient (Wildman–Crippen LogP) is 4.87. The second-order valence-corrected chi connectivity index (χ2v) is 10.6. The first-order chi connectivity index (χ1) is 17.7. The molecular formula is C29H42ClN3O4. The van der Waals surface area contributed by atoms with Crippen molar-refractivity contribution in [3.8, 4) is 17.2 Å². The number of carbonyl (C=O) groups is 1. The van der Waals surface area contributed by atoms with E-state index in [2.05, 4.69) is 62.1 Å². The number of unbranched alkanes of at least 4 members (excludes halogenated alkanes) is 1. The highest BCUT2D eigenvalue weighted by Crippen LogP contribution is 2.34. The van der Waals surface area contributed by atoms with E-state index in [0.29, 0.717) is 35.0 Å². The van der Waals surface area contributed by atoms with Gasteiger partial charge in [0.1, 0.15) is 5.75 Å². The molecule has 0 aromatic heterocycles. The first-order valence-electron chi connectivity index (χ1n) is 13.0. The quantitative estimate of drug-likeness (QED) is 0.351. The Bertz CT molecular complexity index is 1040. The number of carbonyl (C=O) groups excluding carboxylic acids is 1. The number of halogens is 1. The maximum Gasteiger partial charge on any atom is 0.257 e. The number of ether oxygens (including phenoxy) is 3. The van der Waals surface area contributed by atoms with Gasteiger partial charge in [0.25, 0.3) is 5.91 Å². The van der Waals surface area contributed by atoms with Crippen LogP contribution in [0.2, 0.25) is 5.02 Å². The van der Waals surface area contributed by atoms with Gasteiger partial charge in [-0.1, -0.05) is 17.7 Å². The summed E-state index contributed by atoms with van der Waals surface area (Å²) in [4.78, 5) is 16.9. The molecule has 0 spiro atoms. The van der Waals surface area contributed by atoms with Crippen LogP contribution in [0.5, 0.6) is 17.2 Å². The molecule has 1 aliphatic heterocycles. The van der Waals surface area contributed by atoms with Crippen LogP contribution in [-0.4, -0.2) is 76.3 Å². The first-order valence-corrected chi connectivity index (χ1v) is 13.4. The number of methoxy groups -OCH3 is 1. The predicted molar refractivity (Wildman–Crippen MR) is 149 cm³/mol. The first kappa shape index (κ1) is 29.1. The minimum absolute atomic E-state index is 0.0621. The van der Waals surface area contributed by atoms with Crippen LogP contribution in [0.15, 0.2) is 30.3 Å². The molecule has 3 rings (SSSR count). The minimum atomic E-state index is -0.146. The third kappa shape index (κ3) is 8.25. The van der Waals surface area contributed by atoms with Crippen LogP contribution in [0.3, 0.4) is 0 Å². The standard InChI is InChI=1S/C29H42ClN3O4/c1-20-21(2)26(36-14-8-7-13-32(4)5)12-10-25(20)22(3)33-17-23(18-33)16-31-29(34)19-37-27-11-9-24(30)15-28(27)35-6/h9-12,15,22-23H,7-8,13-14,16-19H2,1-6H3,(H,31,34). The summed E-state index contributed by atoms with van der Waals surface area (Å²) in [6, 6.07) is 9.72. The van der Waals surface area contributed by atoms with E-state index in [1.165, 1.54) is 16.7 Å². The van der Waals surface area contributed by atoms with Crippen molar-refractivity contribution in [1.29, 1.82) is 0 Å². The van der Waals surface area contributed by atoms with E-state index in [0.717, 1.165) is 44.8 Å². The van der Waals surface area contributed by atoms with Crippen LogP contribution in [0.25, 0.3) is 0 Å². The average molecular weight is 532 g/mol. The van der Waals surface area contributed by atoms with Crippen molar-refractivity contribution < 1.29 is 19.0 Å². The van der Waals surface area contributed by atoms with Gasteiger partial charge in [-0.2, -0.15) is 0 Å². The Morgan fingerprint density at radius 3 is 2.51 bits per heavy atom. The monoisotopic (exact) mass is 531 g/mol. The number of nitrogens with one attached hydrogen (secondary N) is 1. The molecule has 1 saturated heterocycles. The van der Waals surface area contributed by atoms with Gasteiger partial charge in [-0.25, -0.2) is 0 Å². The zero-order valence-corrected chi connectivity index (χ0v) is 23.9. The summed E-state index contributed by atoms with van der Waals surface area (Å²) in [5.74, 6) is 2.28. The lowest BCUT2D eigenvalue weighted by atomic mass is 9.91. The molecule has 0 bridgehead atoms. The molecule has 2 aromatic rings. The Morgan fingerprint density at radius 2 is 1.81 bits per heavy atom. The Labute approximate surface area is 227 Å². The zero-order valence-electron chi connectivity index (χ0n) is 23.1. The lowest BCUT2D eigenvalue weighted by Gasteiger charge is -2.44. The normalized spacial score (nSPS) is 14.8. The molecule has 1 amide bonds. The topological polar surface area (TPSA) is 63.3 Å². The van der Waals surface area contributed by atoms with Crippen LogP contribution in [-0.2, 0) is 4.79 Å². The molecule has 2 aromatic carbocycles. The SMILES string of the molecule is COc1cc(Cl)ccc1OCC(=O)NCC1CN(C(C)c2ccc(OCCCCN(C)C)c(C)c2C)C1. The van der Waals surface area contributed by atoms with Gasteiger partial charge in [0.15, 0.2) is 18.1 Å². The van der Waals surface area contributed by atoms with Gasteiger partial charge >= 0.3 is 0 Å². The molecule has 1 aliphatic rings. The van der Waals surface area contributed by atoms with E-state index in [9.17, 15) is 4.79 Å². The van der Waals surface area contributed by atoms with Gasteiger partial charge in [0.2, 0.25) is 0 Å². The molecule has 0 aliphatic carbocycles. The second-order valence-electron chi connectivity index (χ2n) is 10.1. The molecule has 204 valence electrons. The third-order valence-electron chi connectivity index (χ3n) is 7.09. The minimum Gasteiger partial charge on any atom is -0.493 e. The smallest absolute Gasteiger partial charge is 0.257 e. The molecule has 37 heavy (non-hydrogen) atoms.